The zero-order chi connectivity index (χ0) is 60.5. The average molecular weight is 1160 g/mol. The molecule has 0 radical (unpaired) electrons. The molecule has 2 unspecified atom stereocenters. The summed E-state index contributed by atoms with van der Waals surface area (Å²) in [5, 5.41) is 9.74. The van der Waals surface area contributed by atoms with Crippen LogP contribution in [0.3, 0.4) is 0 Å². The highest BCUT2D eigenvalue weighted by Gasteiger charge is 2.25. The third-order valence-corrected chi connectivity index (χ3v) is 14.2. The van der Waals surface area contributed by atoms with Gasteiger partial charge in [0.05, 0.1) is 34.4 Å². The van der Waals surface area contributed by atoms with Crippen LogP contribution in [0.15, 0.2) is 122 Å². The largest absolute Gasteiger partial charge is 0.477 e. The van der Waals surface area contributed by atoms with Crippen LogP contribution in [0, 0.1) is 0 Å². The summed E-state index contributed by atoms with van der Waals surface area (Å²) < 4.78 is 23.0. The molecule has 0 aromatic rings. The molecule has 0 aliphatic rings. The number of quaternary nitrogens is 1. The molecule has 0 heterocycles. The number of unbranched alkanes of at least 4 members (excludes halogenated alkanes) is 26. The van der Waals surface area contributed by atoms with Crippen molar-refractivity contribution in [3.63, 3.8) is 0 Å². The van der Waals surface area contributed by atoms with Crippen molar-refractivity contribution in [2.45, 2.75) is 283 Å². The number of carboxylic acids is 1. The van der Waals surface area contributed by atoms with Gasteiger partial charge in [0.25, 0.3) is 6.29 Å². The predicted octanol–water partition coefficient (Wildman–Crippen LogP) is 20.8. The normalized spacial score (nSPS) is 13.5. The highest BCUT2D eigenvalue weighted by molar-refractivity contribution is 5.71. The quantitative estimate of drug-likeness (QED) is 0.0211. The van der Waals surface area contributed by atoms with E-state index in [4.69, 9.17) is 18.9 Å². The van der Waals surface area contributed by atoms with Crippen molar-refractivity contribution < 1.29 is 42.9 Å². The first-order valence-electron chi connectivity index (χ1n) is 33.7. The third-order valence-electron chi connectivity index (χ3n) is 14.2. The van der Waals surface area contributed by atoms with E-state index in [0.29, 0.717) is 23.9 Å². The van der Waals surface area contributed by atoms with Gasteiger partial charge >= 0.3 is 17.9 Å². The maximum Gasteiger partial charge on any atom is 0.361 e. The molecule has 83 heavy (non-hydrogen) atoms. The van der Waals surface area contributed by atoms with E-state index in [0.717, 1.165) is 103 Å². The Hall–Kier alpha value is -4.31. The molecule has 0 spiro atoms. The lowest BCUT2D eigenvalue weighted by atomic mass is 10.0. The highest BCUT2D eigenvalue weighted by atomic mass is 16.7. The number of hydrogen-bond acceptors (Lipinski definition) is 7. The molecule has 474 valence electrons. The van der Waals surface area contributed by atoms with Gasteiger partial charge in [-0.1, -0.05) is 270 Å². The van der Waals surface area contributed by atoms with Crippen molar-refractivity contribution in [3.8, 4) is 0 Å². The van der Waals surface area contributed by atoms with Crippen molar-refractivity contribution in [2.75, 3.05) is 47.5 Å². The summed E-state index contributed by atoms with van der Waals surface area (Å²) in [6, 6.07) is 0. The number of carbonyl (C=O) groups excluding carboxylic acids is 2. The van der Waals surface area contributed by atoms with Crippen molar-refractivity contribution in [1.29, 1.82) is 0 Å². The second-order valence-corrected chi connectivity index (χ2v) is 23.4. The number of allylic oxidation sites excluding steroid dienone is 20. The Morgan fingerprint density at radius 3 is 1.02 bits per heavy atom. The monoisotopic (exact) mass is 1160 g/mol. The summed E-state index contributed by atoms with van der Waals surface area (Å²) in [6.45, 7) is 4.75. The van der Waals surface area contributed by atoms with Crippen LogP contribution in [0.25, 0.3) is 0 Å². The fraction of sp³-hybridized carbons (Fsp3) is 0.689. The number of carboxylic acid groups (broad SMARTS) is 1. The molecule has 2 atom stereocenters. The fourth-order valence-corrected chi connectivity index (χ4v) is 9.06. The van der Waals surface area contributed by atoms with Crippen molar-refractivity contribution >= 4 is 17.9 Å². The molecular formula is C74H126NO8+. The zero-order valence-electron chi connectivity index (χ0n) is 54.1. The SMILES string of the molecule is CC/C=C\C/C=C\C/C=C\C/C=C\C/C=C\C/C=C\C/C=C\C/C=C\CCCCCCCCCCC(=O)OC(COC(=O)CCCCCCCCCCCCCCC/C=C\C/C=C\CCCCCCC)COC(OCC[N+](C)(C)C)C(=O)O. The van der Waals surface area contributed by atoms with Gasteiger partial charge in [-0.05, 0) is 109 Å². The van der Waals surface area contributed by atoms with Crippen LogP contribution in [0.4, 0.5) is 0 Å². The van der Waals surface area contributed by atoms with E-state index in [1.54, 1.807) is 0 Å². The molecule has 0 rings (SSSR count). The summed E-state index contributed by atoms with van der Waals surface area (Å²) in [5.74, 6) is -2.02. The Kier molecular flexibility index (Phi) is 60.4. The Morgan fingerprint density at radius 1 is 0.373 bits per heavy atom. The number of hydrogen-bond donors (Lipinski definition) is 1. The molecule has 0 aromatic carbocycles. The Morgan fingerprint density at radius 2 is 0.687 bits per heavy atom. The van der Waals surface area contributed by atoms with Gasteiger partial charge in [-0.15, -0.1) is 0 Å². The minimum Gasteiger partial charge on any atom is -0.477 e. The summed E-state index contributed by atoms with van der Waals surface area (Å²) in [4.78, 5) is 37.6. The number of rotatable bonds is 61. The Labute approximate surface area is 510 Å². The second kappa shape index (κ2) is 63.7. The molecule has 0 fully saturated rings. The summed E-state index contributed by atoms with van der Waals surface area (Å²) >= 11 is 0. The Bertz CT molecular complexity index is 1780. The van der Waals surface area contributed by atoms with Crippen LogP contribution in [0.5, 0.6) is 0 Å². The molecule has 9 heteroatoms. The predicted molar refractivity (Wildman–Crippen MR) is 354 cm³/mol. The van der Waals surface area contributed by atoms with Crippen LogP contribution >= 0.6 is 0 Å². The number of ether oxygens (including phenoxy) is 4. The number of esters is 2. The van der Waals surface area contributed by atoms with Gasteiger partial charge in [0.15, 0.2) is 6.10 Å². The van der Waals surface area contributed by atoms with Crippen molar-refractivity contribution in [1.82, 2.24) is 0 Å². The van der Waals surface area contributed by atoms with Crippen LogP contribution in [-0.4, -0.2) is 87.4 Å². The molecule has 0 saturated heterocycles. The second-order valence-electron chi connectivity index (χ2n) is 23.4. The summed E-state index contributed by atoms with van der Waals surface area (Å²) in [7, 11) is 5.97. The lowest BCUT2D eigenvalue weighted by Crippen LogP contribution is -2.40. The Balaban J connectivity index is 4.21. The number of carbonyl (C=O) groups is 3. The average Bonchev–Trinajstić information content (AvgIpc) is 3.46. The van der Waals surface area contributed by atoms with Gasteiger partial charge in [-0.2, -0.15) is 0 Å². The maximum absolute atomic E-state index is 12.9. The van der Waals surface area contributed by atoms with E-state index in [9.17, 15) is 19.5 Å². The lowest BCUT2D eigenvalue weighted by Gasteiger charge is -2.25. The molecule has 0 aliphatic heterocycles. The van der Waals surface area contributed by atoms with E-state index in [1.807, 2.05) is 21.1 Å². The first-order chi connectivity index (χ1) is 40.6. The highest BCUT2D eigenvalue weighted by Crippen LogP contribution is 2.16. The maximum atomic E-state index is 12.9. The van der Waals surface area contributed by atoms with Crippen LogP contribution in [0.2, 0.25) is 0 Å². The number of likely N-dealkylation sites (N-methyl/N-ethyl adjacent to an activating group) is 1. The molecule has 0 aromatic heterocycles. The molecule has 9 nitrogen and oxygen atoms in total. The fourth-order valence-electron chi connectivity index (χ4n) is 9.06. The minimum absolute atomic E-state index is 0.180. The molecule has 1 N–H and O–H groups in total. The first-order valence-corrected chi connectivity index (χ1v) is 33.7. The van der Waals surface area contributed by atoms with Crippen molar-refractivity contribution in [2.24, 2.45) is 0 Å². The number of nitrogens with zero attached hydrogens (tertiary/aromatic N) is 1. The molecule has 0 aliphatic carbocycles. The van der Waals surface area contributed by atoms with E-state index in [1.165, 1.54) is 135 Å². The molecule has 0 bridgehead atoms. The summed E-state index contributed by atoms with van der Waals surface area (Å²) in [6.07, 6.45) is 87.2. The van der Waals surface area contributed by atoms with Crippen LogP contribution < -0.4 is 0 Å². The van der Waals surface area contributed by atoms with Crippen molar-refractivity contribution in [3.05, 3.63) is 122 Å². The molecular weight excluding hydrogens is 1030 g/mol. The van der Waals surface area contributed by atoms with Gasteiger partial charge in [-0.25, -0.2) is 4.79 Å². The smallest absolute Gasteiger partial charge is 0.361 e. The van der Waals surface area contributed by atoms with Gasteiger partial charge < -0.3 is 28.5 Å². The van der Waals surface area contributed by atoms with Gasteiger partial charge in [-0.3, -0.25) is 9.59 Å². The molecule has 0 saturated carbocycles. The third kappa shape index (κ3) is 65.1. The first kappa shape index (κ1) is 78.7. The minimum atomic E-state index is -1.52. The lowest BCUT2D eigenvalue weighted by molar-refractivity contribution is -0.870. The summed E-state index contributed by atoms with van der Waals surface area (Å²) in [5.41, 5.74) is 0. The standard InChI is InChI=1S/C74H125NO8/c1-6-8-10-12-14-16-18-20-22-24-26-28-30-32-33-34-35-36-37-38-39-41-43-45-47-49-51-53-55-57-59-61-63-65-72(77)83-70(69-82-74(73(78)79)80-67-66-75(3,4)5)68-81-71(76)64-62-60-58-56-54-52-50-48-46-44-42-40-31-29-27-25-23-21-19-17-15-13-11-9-7-2/h8,10,14,16,19-22,25-28,32-33,35-36,38-39,43,45,70,74H,6-7,9,11-13,15,17-18,23-24,29-31,34,37,40-42,44,46-69H2,1-5H3/p+1/b10-8-,16-14-,21-19-,22-20-,27-25-,28-26-,33-32-,36-35-,39-38-,45-43-. The topological polar surface area (TPSA) is 108 Å². The van der Waals surface area contributed by atoms with Gasteiger partial charge in [0.2, 0.25) is 0 Å². The van der Waals surface area contributed by atoms with Crippen LogP contribution in [0.1, 0.15) is 271 Å². The van der Waals surface area contributed by atoms with E-state index < -0.39 is 24.3 Å². The number of aliphatic carboxylic acids is 1. The zero-order valence-corrected chi connectivity index (χ0v) is 54.1. The van der Waals surface area contributed by atoms with E-state index >= 15 is 0 Å². The van der Waals surface area contributed by atoms with E-state index in [2.05, 4.69) is 135 Å². The van der Waals surface area contributed by atoms with Gasteiger partial charge in [0.1, 0.15) is 13.2 Å². The molecule has 0 amide bonds. The van der Waals surface area contributed by atoms with Gasteiger partial charge in [0, 0.05) is 12.8 Å². The van der Waals surface area contributed by atoms with E-state index in [-0.39, 0.29) is 32.2 Å². The van der Waals surface area contributed by atoms with Crippen LogP contribution in [-0.2, 0) is 33.3 Å².